The van der Waals surface area contributed by atoms with Gasteiger partial charge in [0, 0.05) is 24.0 Å². The van der Waals surface area contributed by atoms with Gasteiger partial charge in [-0.2, -0.15) is 0 Å². The predicted molar refractivity (Wildman–Crippen MR) is 99.8 cm³/mol. The van der Waals surface area contributed by atoms with Crippen LogP contribution in [-0.2, 0) is 0 Å². The Morgan fingerprint density at radius 1 is 1.20 bits per heavy atom. The molecule has 1 saturated carbocycles. The van der Waals surface area contributed by atoms with Crippen LogP contribution in [-0.4, -0.2) is 39.6 Å². The van der Waals surface area contributed by atoms with E-state index < -0.39 is 5.60 Å². The van der Waals surface area contributed by atoms with Crippen molar-refractivity contribution in [2.24, 2.45) is 5.92 Å². The molecule has 2 fully saturated rings. The summed E-state index contributed by atoms with van der Waals surface area (Å²) >= 11 is 0. The molecule has 0 spiro atoms. The first-order valence-electron chi connectivity index (χ1n) is 9.53. The second kappa shape index (κ2) is 6.17. The molecule has 0 radical (unpaired) electrons. The van der Waals surface area contributed by atoms with Gasteiger partial charge in [0.1, 0.15) is 5.69 Å². The Bertz CT molecular complexity index is 775. The molecule has 4 rings (SSSR count). The lowest BCUT2D eigenvalue weighted by molar-refractivity contribution is 0.0357. The average Bonchev–Trinajstić information content (AvgIpc) is 3.32. The van der Waals surface area contributed by atoms with Crippen LogP contribution in [0.4, 0.5) is 0 Å². The molecule has 0 unspecified atom stereocenters. The monoisotopic (exact) mass is 340 g/mol. The Morgan fingerprint density at radius 2 is 1.92 bits per heavy atom. The fourth-order valence-corrected chi connectivity index (χ4v) is 4.15. The number of aromatic amines is 1. The van der Waals surface area contributed by atoms with Gasteiger partial charge in [-0.05, 0) is 81.5 Å². The second-order valence-electron chi connectivity index (χ2n) is 8.56. The first kappa shape index (κ1) is 16.6. The number of rotatable bonds is 4. The Labute approximate surface area is 149 Å². The van der Waals surface area contributed by atoms with Crippen molar-refractivity contribution >= 4 is 16.8 Å². The number of hydrogen-bond donors (Lipinski definition) is 2. The van der Waals surface area contributed by atoms with Gasteiger partial charge in [-0.1, -0.05) is 6.07 Å². The number of piperidine rings is 1. The Kier molecular flexibility index (Phi) is 4.11. The lowest BCUT2D eigenvalue weighted by Gasteiger charge is -2.34. The van der Waals surface area contributed by atoms with Gasteiger partial charge in [0.25, 0.3) is 5.91 Å². The number of fused-ring (bicyclic) bond motifs is 1. The van der Waals surface area contributed by atoms with Crippen LogP contribution in [0.25, 0.3) is 10.9 Å². The Hall–Kier alpha value is -1.81. The van der Waals surface area contributed by atoms with Crippen molar-refractivity contribution in [2.75, 3.05) is 13.1 Å². The standard InChI is InChI=1S/C21H28N2O2/c1-21(2,25)13-14-7-9-23(10-8-14)20(24)19-12-17-11-16(15-3-4-15)5-6-18(17)22-19/h5-6,11-12,14-15,22,25H,3-4,7-10,13H2,1-2H3. The number of amides is 1. The highest BCUT2D eigenvalue weighted by Gasteiger charge is 2.28. The number of likely N-dealkylation sites (tertiary alicyclic amines) is 1. The van der Waals surface area contributed by atoms with E-state index in [4.69, 9.17) is 0 Å². The molecular formula is C21H28N2O2. The van der Waals surface area contributed by atoms with Crippen LogP contribution in [0, 0.1) is 5.92 Å². The highest BCUT2D eigenvalue weighted by atomic mass is 16.3. The molecule has 1 aliphatic carbocycles. The van der Waals surface area contributed by atoms with Crippen LogP contribution >= 0.6 is 0 Å². The van der Waals surface area contributed by atoms with Gasteiger partial charge in [0.15, 0.2) is 0 Å². The van der Waals surface area contributed by atoms with Crippen molar-refractivity contribution in [2.45, 2.75) is 57.5 Å². The summed E-state index contributed by atoms with van der Waals surface area (Å²) < 4.78 is 0. The van der Waals surface area contributed by atoms with E-state index >= 15 is 0 Å². The molecular weight excluding hydrogens is 312 g/mol. The van der Waals surface area contributed by atoms with Gasteiger partial charge in [-0.3, -0.25) is 4.79 Å². The largest absolute Gasteiger partial charge is 0.390 e. The molecule has 2 aliphatic rings. The molecule has 4 nitrogen and oxygen atoms in total. The number of carbonyl (C=O) groups excluding carboxylic acids is 1. The SMILES string of the molecule is CC(C)(O)CC1CCN(C(=O)c2cc3cc(C4CC4)ccc3[nH]2)CC1. The summed E-state index contributed by atoms with van der Waals surface area (Å²) in [7, 11) is 0. The number of carbonyl (C=O) groups is 1. The number of H-pyrrole nitrogens is 1. The van der Waals surface area contributed by atoms with Crippen LogP contribution in [0.2, 0.25) is 0 Å². The summed E-state index contributed by atoms with van der Waals surface area (Å²) in [6.07, 6.45) is 5.34. The summed E-state index contributed by atoms with van der Waals surface area (Å²) in [4.78, 5) is 18.1. The van der Waals surface area contributed by atoms with Crippen LogP contribution in [0.15, 0.2) is 24.3 Å². The minimum atomic E-state index is -0.618. The van der Waals surface area contributed by atoms with Crippen molar-refractivity contribution in [1.82, 2.24) is 9.88 Å². The van der Waals surface area contributed by atoms with Gasteiger partial charge in [0.05, 0.1) is 5.60 Å². The topological polar surface area (TPSA) is 56.3 Å². The molecule has 2 N–H and O–H groups in total. The lowest BCUT2D eigenvalue weighted by atomic mass is 9.86. The van der Waals surface area contributed by atoms with E-state index in [0.29, 0.717) is 11.6 Å². The van der Waals surface area contributed by atoms with E-state index in [1.54, 1.807) is 0 Å². The second-order valence-corrected chi connectivity index (χ2v) is 8.56. The predicted octanol–water partition coefficient (Wildman–Crippen LogP) is 4.06. The number of aromatic nitrogens is 1. The zero-order valence-electron chi connectivity index (χ0n) is 15.2. The van der Waals surface area contributed by atoms with Gasteiger partial charge in [-0.15, -0.1) is 0 Å². The number of nitrogens with zero attached hydrogens (tertiary/aromatic N) is 1. The quantitative estimate of drug-likeness (QED) is 0.882. The lowest BCUT2D eigenvalue weighted by Crippen LogP contribution is -2.40. The highest BCUT2D eigenvalue weighted by molar-refractivity contribution is 5.98. The average molecular weight is 340 g/mol. The first-order valence-corrected chi connectivity index (χ1v) is 9.53. The van der Waals surface area contributed by atoms with Crippen LogP contribution in [0.1, 0.15) is 67.9 Å². The molecule has 2 aromatic rings. The van der Waals surface area contributed by atoms with Crippen molar-refractivity contribution in [3.63, 3.8) is 0 Å². The van der Waals surface area contributed by atoms with E-state index in [-0.39, 0.29) is 5.91 Å². The van der Waals surface area contributed by atoms with Gasteiger partial charge in [0.2, 0.25) is 0 Å². The molecule has 1 aliphatic heterocycles. The van der Waals surface area contributed by atoms with Crippen LogP contribution in [0.3, 0.4) is 0 Å². The maximum absolute atomic E-state index is 12.8. The van der Waals surface area contributed by atoms with E-state index in [2.05, 4.69) is 23.2 Å². The zero-order valence-corrected chi connectivity index (χ0v) is 15.2. The minimum Gasteiger partial charge on any atom is -0.390 e. The number of hydrogen-bond acceptors (Lipinski definition) is 2. The Balaban J connectivity index is 1.43. The van der Waals surface area contributed by atoms with Crippen molar-refractivity contribution < 1.29 is 9.90 Å². The van der Waals surface area contributed by atoms with E-state index in [0.717, 1.165) is 49.2 Å². The van der Waals surface area contributed by atoms with Crippen LogP contribution < -0.4 is 0 Å². The molecule has 1 saturated heterocycles. The van der Waals surface area contributed by atoms with Gasteiger partial charge >= 0.3 is 0 Å². The van der Waals surface area contributed by atoms with E-state index in [1.165, 1.54) is 18.4 Å². The zero-order chi connectivity index (χ0) is 17.6. The van der Waals surface area contributed by atoms with Gasteiger partial charge < -0.3 is 15.0 Å². The molecule has 0 bridgehead atoms. The van der Waals surface area contributed by atoms with Gasteiger partial charge in [-0.25, -0.2) is 0 Å². The fourth-order valence-electron chi connectivity index (χ4n) is 4.15. The summed E-state index contributed by atoms with van der Waals surface area (Å²) in [5.74, 6) is 1.34. The molecule has 1 aromatic heterocycles. The third-order valence-electron chi connectivity index (χ3n) is 5.61. The number of benzene rings is 1. The maximum Gasteiger partial charge on any atom is 0.270 e. The third kappa shape index (κ3) is 3.74. The summed E-state index contributed by atoms with van der Waals surface area (Å²) in [5.41, 5.74) is 2.53. The maximum atomic E-state index is 12.8. The number of nitrogens with one attached hydrogen (secondary N) is 1. The van der Waals surface area contributed by atoms with Crippen LogP contribution in [0.5, 0.6) is 0 Å². The minimum absolute atomic E-state index is 0.103. The molecule has 25 heavy (non-hydrogen) atoms. The third-order valence-corrected chi connectivity index (χ3v) is 5.61. The van der Waals surface area contributed by atoms with Crippen molar-refractivity contribution in [3.05, 3.63) is 35.5 Å². The summed E-state index contributed by atoms with van der Waals surface area (Å²) in [6, 6.07) is 8.53. The normalized spacial score (nSPS) is 19.6. The smallest absolute Gasteiger partial charge is 0.270 e. The van der Waals surface area contributed by atoms with Crippen molar-refractivity contribution in [1.29, 1.82) is 0 Å². The summed E-state index contributed by atoms with van der Waals surface area (Å²) in [6.45, 7) is 5.29. The fraction of sp³-hybridized carbons (Fsp3) is 0.571. The molecule has 134 valence electrons. The van der Waals surface area contributed by atoms with E-state index in [9.17, 15) is 9.90 Å². The highest BCUT2D eigenvalue weighted by Crippen LogP contribution is 2.41. The molecule has 1 amide bonds. The molecule has 1 aromatic carbocycles. The van der Waals surface area contributed by atoms with Crippen molar-refractivity contribution in [3.8, 4) is 0 Å². The number of aliphatic hydroxyl groups is 1. The molecule has 4 heteroatoms. The first-order chi connectivity index (χ1) is 11.9. The summed E-state index contributed by atoms with van der Waals surface area (Å²) in [5, 5.41) is 11.1. The molecule has 0 atom stereocenters. The Morgan fingerprint density at radius 3 is 2.56 bits per heavy atom. The van der Waals surface area contributed by atoms with E-state index in [1.807, 2.05) is 24.8 Å². The molecule has 2 heterocycles.